The molecule has 20 heavy (non-hydrogen) atoms. The van der Waals surface area contributed by atoms with Gasteiger partial charge >= 0.3 is 0 Å². The molecule has 0 spiro atoms. The Labute approximate surface area is 121 Å². The van der Waals surface area contributed by atoms with Crippen LogP contribution in [0.25, 0.3) is 0 Å². The maximum absolute atomic E-state index is 9.39. The summed E-state index contributed by atoms with van der Waals surface area (Å²) in [6.45, 7) is 2.76. The fraction of sp³-hybridized carbons (Fsp3) is 0.200. The second-order valence-corrected chi connectivity index (χ2v) is 5.07. The zero-order valence-electron chi connectivity index (χ0n) is 10.9. The average Bonchev–Trinajstić information content (AvgIpc) is 2.86. The van der Waals surface area contributed by atoms with Crippen molar-refractivity contribution in [3.8, 4) is 17.2 Å². The van der Waals surface area contributed by atoms with Gasteiger partial charge < -0.3 is 19.9 Å². The molecule has 0 radical (unpaired) electrons. The molecule has 0 saturated heterocycles. The van der Waals surface area contributed by atoms with E-state index in [2.05, 4.69) is 5.32 Å². The Bertz CT molecular complexity index is 658. The number of ether oxygens (including phenoxy) is 2. The van der Waals surface area contributed by atoms with Crippen LogP contribution < -0.4 is 14.8 Å². The van der Waals surface area contributed by atoms with Crippen LogP contribution in [-0.4, -0.2) is 11.9 Å². The summed E-state index contributed by atoms with van der Waals surface area (Å²) in [4.78, 5) is 0. The van der Waals surface area contributed by atoms with Crippen LogP contribution in [0.5, 0.6) is 17.2 Å². The third kappa shape index (κ3) is 2.47. The van der Waals surface area contributed by atoms with Gasteiger partial charge in [0.2, 0.25) is 6.79 Å². The highest BCUT2D eigenvalue weighted by molar-refractivity contribution is 6.32. The molecule has 1 heterocycles. The van der Waals surface area contributed by atoms with Gasteiger partial charge in [0.05, 0.1) is 5.02 Å². The summed E-state index contributed by atoms with van der Waals surface area (Å²) in [5.74, 6) is 1.55. The van der Waals surface area contributed by atoms with Crippen LogP contribution in [0, 0.1) is 6.92 Å². The Hall–Kier alpha value is -2.07. The number of nitrogens with one attached hydrogen (secondary N) is 1. The van der Waals surface area contributed by atoms with E-state index in [9.17, 15) is 5.11 Å². The van der Waals surface area contributed by atoms with Gasteiger partial charge in [0, 0.05) is 12.2 Å². The lowest BCUT2D eigenvalue weighted by Gasteiger charge is -2.11. The lowest BCUT2D eigenvalue weighted by molar-refractivity contribution is 0.174. The molecule has 0 bridgehead atoms. The van der Waals surface area contributed by atoms with Gasteiger partial charge in [0.25, 0.3) is 0 Å². The highest BCUT2D eigenvalue weighted by atomic mass is 35.5. The third-order valence-corrected chi connectivity index (χ3v) is 3.46. The number of aromatic hydroxyl groups is 1. The Balaban J connectivity index is 1.77. The van der Waals surface area contributed by atoms with Crippen molar-refractivity contribution >= 4 is 17.3 Å². The van der Waals surface area contributed by atoms with Gasteiger partial charge in [-0.1, -0.05) is 11.6 Å². The van der Waals surface area contributed by atoms with Crippen LogP contribution in [-0.2, 0) is 6.54 Å². The molecule has 2 aromatic rings. The van der Waals surface area contributed by atoms with Crippen LogP contribution in [0.1, 0.15) is 11.1 Å². The van der Waals surface area contributed by atoms with Crippen molar-refractivity contribution in [2.75, 3.05) is 12.1 Å². The number of phenols is 1. The molecule has 3 rings (SSSR count). The van der Waals surface area contributed by atoms with Gasteiger partial charge in [-0.15, -0.1) is 0 Å². The number of anilines is 1. The first-order chi connectivity index (χ1) is 9.63. The molecular formula is C15H14ClNO3. The summed E-state index contributed by atoms with van der Waals surface area (Å²) in [5, 5.41) is 13.3. The standard InChI is InChI=1S/C15H14ClNO3/c1-9-4-11(18)2-3-13(9)17-7-10-5-12(16)15-14(6-10)19-8-20-15/h2-6,17-18H,7-8H2,1H3. The number of benzene rings is 2. The van der Waals surface area contributed by atoms with Gasteiger partial charge in [0.15, 0.2) is 11.5 Å². The van der Waals surface area contributed by atoms with Crippen molar-refractivity contribution in [1.29, 1.82) is 0 Å². The second kappa shape index (κ2) is 5.13. The molecule has 4 nitrogen and oxygen atoms in total. The van der Waals surface area contributed by atoms with Gasteiger partial charge in [-0.25, -0.2) is 0 Å². The summed E-state index contributed by atoms with van der Waals surface area (Å²) in [6, 6.07) is 8.99. The zero-order valence-corrected chi connectivity index (χ0v) is 11.7. The summed E-state index contributed by atoms with van der Waals surface area (Å²) in [6.07, 6.45) is 0. The van der Waals surface area contributed by atoms with Gasteiger partial charge in [-0.05, 0) is 48.4 Å². The first-order valence-electron chi connectivity index (χ1n) is 6.25. The normalized spacial score (nSPS) is 12.5. The number of hydrogen-bond donors (Lipinski definition) is 2. The van der Waals surface area contributed by atoms with Crippen LogP contribution in [0.15, 0.2) is 30.3 Å². The van der Waals surface area contributed by atoms with Crippen LogP contribution in [0.4, 0.5) is 5.69 Å². The van der Waals surface area contributed by atoms with Gasteiger partial charge in [-0.2, -0.15) is 0 Å². The van der Waals surface area contributed by atoms with Crippen molar-refractivity contribution in [3.05, 3.63) is 46.5 Å². The maximum atomic E-state index is 9.39. The quantitative estimate of drug-likeness (QED) is 0.847. The fourth-order valence-corrected chi connectivity index (χ4v) is 2.45. The van der Waals surface area contributed by atoms with E-state index in [-0.39, 0.29) is 12.5 Å². The predicted octanol–water partition coefficient (Wildman–Crippen LogP) is 3.69. The van der Waals surface area contributed by atoms with E-state index in [4.69, 9.17) is 21.1 Å². The monoisotopic (exact) mass is 291 g/mol. The Kier molecular flexibility index (Phi) is 3.32. The Morgan fingerprint density at radius 1 is 1.25 bits per heavy atom. The first-order valence-corrected chi connectivity index (χ1v) is 6.63. The van der Waals surface area contributed by atoms with Crippen molar-refractivity contribution in [3.63, 3.8) is 0 Å². The molecule has 0 saturated carbocycles. The fourth-order valence-electron chi connectivity index (χ4n) is 2.17. The minimum absolute atomic E-state index is 0.211. The molecule has 0 aromatic heterocycles. The molecule has 2 N–H and O–H groups in total. The number of halogens is 1. The highest BCUT2D eigenvalue weighted by Crippen LogP contribution is 2.39. The van der Waals surface area contributed by atoms with Crippen molar-refractivity contribution in [2.45, 2.75) is 13.5 Å². The van der Waals surface area contributed by atoms with E-state index in [1.54, 1.807) is 12.1 Å². The third-order valence-electron chi connectivity index (χ3n) is 3.18. The van der Waals surface area contributed by atoms with E-state index in [0.717, 1.165) is 16.8 Å². The number of phenolic OH excluding ortho intramolecular Hbond substituents is 1. The number of aryl methyl sites for hydroxylation is 1. The highest BCUT2D eigenvalue weighted by Gasteiger charge is 2.18. The number of fused-ring (bicyclic) bond motifs is 1. The van der Waals surface area contributed by atoms with Crippen molar-refractivity contribution in [1.82, 2.24) is 0 Å². The van der Waals surface area contributed by atoms with E-state index in [1.807, 2.05) is 25.1 Å². The second-order valence-electron chi connectivity index (χ2n) is 4.66. The molecular weight excluding hydrogens is 278 g/mol. The molecule has 5 heteroatoms. The summed E-state index contributed by atoms with van der Waals surface area (Å²) < 4.78 is 10.6. The zero-order chi connectivity index (χ0) is 14.1. The SMILES string of the molecule is Cc1cc(O)ccc1NCc1cc(Cl)c2c(c1)OCO2. The van der Waals surface area contributed by atoms with E-state index in [0.29, 0.717) is 23.1 Å². The largest absolute Gasteiger partial charge is 0.508 e. The molecule has 2 aromatic carbocycles. The molecule has 1 aliphatic heterocycles. The molecule has 0 amide bonds. The Morgan fingerprint density at radius 2 is 2.10 bits per heavy atom. The average molecular weight is 292 g/mol. The van der Waals surface area contributed by atoms with E-state index in [1.165, 1.54) is 0 Å². The van der Waals surface area contributed by atoms with Crippen LogP contribution in [0.3, 0.4) is 0 Å². The van der Waals surface area contributed by atoms with Crippen molar-refractivity contribution in [2.24, 2.45) is 0 Å². The molecule has 0 unspecified atom stereocenters. The summed E-state index contributed by atoms with van der Waals surface area (Å²) >= 11 is 6.14. The van der Waals surface area contributed by atoms with Gasteiger partial charge in [0.1, 0.15) is 5.75 Å². The molecule has 0 atom stereocenters. The van der Waals surface area contributed by atoms with Crippen LogP contribution in [0.2, 0.25) is 5.02 Å². The molecule has 1 aliphatic rings. The summed E-state index contributed by atoms with van der Waals surface area (Å²) in [5.41, 5.74) is 2.96. The predicted molar refractivity (Wildman–Crippen MR) is 77.7 cm³/mol. The minimum atomic E-state index is 0.211. The molecule has 0 aliphatic carbocycles. The lowest BCUT2D eigenvalue weighted by Crippen LogP contribution is -2.01. The lowest BCUT2D eigenvalue weighted by atomic mass is 10.1. The smallest absolute Gasteiger partial charge is 0.231 e. The van der Waals surface area contributed by atoms with Gasteiger partial charge in [-0.3, -0.25) is 0 Å². The first kappa shape index (κ1) is 12.9. The summed E-state index contributed by atoms with van der Waals surface area (Å²) in [7, 11) is 0. The topological polar surface area (TPSA) is 50.7 Å². The van der Waals surface area contributed by atoms with E-state index >= 15 is 0 Å². The van der Waals surface area contributed by atoms with Crippen molar-refractivity contribution < 1.29 is 14.6 Å². The van der Waals surface area contributed by atoms with E-state index < -0.39 is 0 Å². The number of rotatable bonds is 3. The molecule has 104 valence electrons. The maximum Gasteiger partial charge on any atom is 0.231 e. The van der Waals surface area contributed by atoms with Crippen LogP contribution >= 0.6 is 11.6 Å². The Morgan fingerprint density at radius 3 is 2.90 bits per heavy atom. The number of hydrogen-bond acceptors (Lipinski definition) is 4. The molecule has 0 fully saturated rings. The minimum Gasteiger partial charge on any atom is -0.508 e.